The van der Waals surface area contributed by atoms with Crippen molar-refractivity contribution in [3.05, 3.63) is 35.4 Å². The smallest absolute Gasteiger partial charge is 0.193 e. The normalized spacial score (nSPS) is 19.5. The number of carbonyl (C=O) groups excluding carboxylic acids is 1. The fourth-order valence-electron chi connectivity index (χ4n) is 2.00. The molecule has 3 nitrogen and oxygen atoms in total. The van der Waals surface area contributed by atoms with E-state index in [0.29, 0.717) is 5.92 Å². The van der Waals surface area contributed by atoms with Crippen LogP contribution in [0.1, 0.15) is 36.2 Å². The van der Waals surface area contributed by atoms with Gasteiger partial charge in [0.1, 0.15) is 6.10 Å². The molecule has 0 saturated heterocycles. The van der Waals surface area contributed by atoms with Gasteiger partial charge in [-0.25, -0.2) is 5.48 Å². The molecule has 1 unspecified atom stereocenters. The van der Waals surface area contributed by atoms with Crippen molar-refractivity contribution in [2.75, 3.05) is 6.54 Å². The van der Waals surface area contributed by atoms with Crippen LogP contribution in [0.3, 0.4) is 0 Å². The molecule has 0 saturated carbocycles. The van der Waals surface area contributed by atoms with Gasteiger partial charge in [-0.2, -0.15) is 0 Å². The molecule has 1 aliphatic carbocycles. The quantitative estimate of drug-likeness (QED) is 0.811. The zero-order valence-electron chi connectivity index (χ0n) is 10.4. The SMILES string of the molecule is CC(C)CNOC1CCc2ccccc2C1=O. The minimum absolute atomic E-state index is 0.100. The standard InChI is InChI=1S/C14H19NO2/c1-10(2)9-15-17-13-8-7-11-5-3-4-6-12(11)14(13)16/h3-6,10,13,15H,7-9H2,1-2H3. The molecule has 0 aromatic heterocycles. The van der Waals surface area contributed by atoms with E-state index < -0.39 is 0 Å². The van der Waals surface area contributed by atoms with Crippen molar-refractivity contribution in [1.82, 2.24) is 5.48 Å². The first kappa shape index (κ1) is 12.3. The first-order chi connectivity index (χ1) is 8.18. The predicted octanol–water partition coefficient (Wildman–Crippen LogP) is 2.36. The van der Waals surface area contributed by atoms with E-state index in [4.69, 9.17) is 4.84 Å². The number of nitrogens with one attached hydrogen (secondary N) is 1. The van der Waals surface area contributed by atoms with Crippen molar-refractivity contribution in [2.24, 2.45) is 5.92 Å². The molecule has 92 valence electrons. The lowest BCUT2D eigenvalue weighted by Crippen LogP contribution is -2.36. The molecule has 17 heavy (non-hydrogen) atoms. The molecule has 0 radical (unpaired) electrons. The Morgan fingerprint density at radius 2 is 2.18 bits per heavy atom. The number of fused-ring (bicyclic) bond motifs is 1. The van der Waals surface area contributed by atoms with Gasteiger partial charge >= 0.3 is 0 Å². The van der Waals surface area contributed by atoms with Crippen molar-refractivity contribution in [3.8, 4) is 0 Å². The number of benzene rings is 1. The average Bonchev–Trinajstić information content (AvgIpc) is 2.32. The summed E-state index contributed by atoms with van der Waals surface area (Å²) in [5.74, 6) is 0.615. The summed E-state index contributed by atoms with van der Waals surface area (Å²) in [5.41, 5.74) is 4.85. The minimum Gasteiger partial charge on any atom is -0.291 e. The van der Waals surface area contributed by atoms with Crippen molar-refractivity contribution >= 4 is 5.78 Å². The first-order valence-corrected chi connectivity index (χ1v) is 6.19. The monoisotopic (exact) mass is 233 g/mol. The number of Topliss-reactive ketones (excluding diaryl/α,β-unsaturated/α-hetero) is 1. The highest BCUT2D eigenvalue weighted by Gasteiger charge is 2.27. The molecular formula is C14H19NO2. The van der Waals surface area contributed by atoms with Gasteiger partial charge < -0.3 is 0 Å². The number of aryl methyl sites for hydroxylation is 1. The zero-order valence-corrected chi connectivity index (χ0v) is 10.4. The lowest BCUT2D eigenvalue weighted by atomic mass is 9.89. The lowest BCUT2D eigenvalue weighted by Gasteiger charge is -2.23. The van der Waals surface area contributed by atoms with Crippen molar-refractivity contribution in [2.45, 2.75) is 32.8 Å². The Labute approximate surface area is 102 Å². The summed E-state index contributed by atoms with van der Waals surface area (Å²) >= 11 is 0. The Kier molecular flexibility index (Phi) is 3.92. The van der Waals surface area contributed by atoms with Gasteiger partial charge in [0.15, 0.2) is 5.78 Å². The molecule has 0 aliphatic heterocycles. The summed E-state index contributed by atoms with van der Waals surface area (Å²) in [4.78, 5) is 17.6. The Morgan fingerprint density at radius 1 is 1.41 bits per heavy atom. The molecule has 0 fully saturated rings. The molecule has 1 aromatic rings. The molecule has 1 atom stereocenters. The van der Waals surface area contributed by atoms with Gasteiger partial charge in [-0.05, 0) is 24.3 Å². The summed E-state index contributed by atoms with van der Waals surface area (Å²) < 4.78 is 0. The summed E-state index contributed by atoms with van der Waals surface area (Å²) in [5, 5.41) is 0. The van der Waals surface area contributed by atoms with E-state index in [2.05, 4.69) is 19.3 Å². The Balaban J connectivity index is 1.98. The topological polar surface area (TPSA) is 38.3 Å². The number of hydrogen-bond donors (Lipinski definition) is 1. The van der Waals surface area contributed by atoms with E-state index in [-0.39, 0.29) is 11.9 Å². The van der Waals surface area contributed by atoms with Crippen LogP contribution in [0.5, 0.6) is 0 Å². The Morgan fingerprint density at radius 3 is 2.94 bits per heavy atom. The van der Waals surface area contributed by atoms with Crippen LogP contribution < -0.4 is 5.48 Å². The molecule has 0 spiro atoms. The molecular weight excluding hydrogens is 214 g/mol. The summed E-state index contributed by atoms with van der Waals surface area (Å²) in [6.07, 6.45) is 1.35. The fraction of sp³-hybridized carbons (Fsp3) is 0.500. The maximum atomic E-state index is 12.1. The second-order valence-electron chi connectivity index (χ2n) is 4.91. The number of hydrogen-bond acceptors (Lipinski definition) is 3. The summed E-state index contributed by atoms with van der Waals surface area (Å²) in [6, 6.07) is 7.78. The van der Waals surface area contributed by atoms with Gasteiger partial charge in [-0.15, -0.1) is 0 Å². The second kappa shape index (κ2) is 5.43. The molecule has 2 rings (SSSR count). The van der Waals surface area contributed by atoms with Crippen molar-refractivity contribution < 1.29 is 9.63 Å². The van der Waals surface area contributed by atoms with Crippen LogP contribution >= 0.6 is 0 Å². The third-order valence-electron chi connectivity index (χ3n) is 2.97. The Hall–Kier alpha value is -1.19. The number of carbonyl (C=O) groups is 1. The molecule has 3 heteroatoms. The van der Waals surface area contributed by atoms with Gasteiger partial charge in [0.05, 0.1) is 0 Å². The summed E-state index contributed by atoms with van der Waals surface area (Å²) in [7, 11) is 0. The molecule has 0 heterocycles. The van der Waals surface area contributed by atoms with Crippen LogP contribution in [-0.2, 0) is 11.3 Å². The second-order valence-corrected chi connectivity index (χ2v) is 4.91. The maximum absolute atomic E-state index is 12.1. The van der Waals surface area contributed by atoms with E-state index in [1.807, 2.05) is 24.3 Å². The number of rotatable bonds is 4. The van der Waals surface area contributed by atoms with Crippen LogP contribution in [0.4, 0.5) is 0 Å². The van der Waals surface area contributed by atoms with E-state index >= 15 is 0 Å². The van der Waals surface area contributed by atoms with Crippen LogP contribution in [0.25, 0.3) is 0 Å². The lowest BCUT2D eigenvalue weighted by molar-refractivity contribution is -0.0221. The molecule has 0 amide bonds. The molecule has 1 aromatic carbocycles. The third-order valence-corrected chi connectivity index (χ3v) is 2.97. The van der Waals surface area contributed by atoms with Gasteiger partial charge in [0.2, 0.25) is 0 Å². The van der Waals surface area contributed by atoms with Gasteiger partial charge in [0.25, 0.3) is 0 Å². The van der Waals surface area contributed by atoms with Gasteiger partial charge in [-0.3, -0.25) is 9.63 Å². The van der Waals surface area contributed by atoms with Gasteiger partial charge in [0, 0.05) is 12.1 Å². The molecule has 1 aliphatic rings. The Bertz CT molecular complexity index is 401. The first-order valence-electron chi connectivity index (χ1n) is 6.19. The highest BCUT2D eigenvalue weighted by Crippen LogP contribution is 2.22. The van der Waals surface area contributed by atoms with Gasteiger partial charge in [-0.1, -0.05) is 38.1 Å². The minimum atomic E-state index is -0.330. The van der Waals surface area contributed by atoms with E-state index in [9.17, 15) is 4.79 Å². The maximum Gasteiger partial charge on any atom is 0.193 e. The summed E-state index contributed by atoms with van der Waals surface area (Å²) in [6.45, 7) is 4.98. The largest absolute Gasteiger partial charge is 0.291 e. The van der Waals surface area contributed by atoms with Crippen LogP contribution in [0.2, 0.25) is 0 Å². The van der Waals surface area contributed by atoms with E-state index in [0.717, 1.165) is 30.5 Å². The van der Waals surface area contributed by atoms with Crippen LogP contribution in [0, 0.1) is 5.92 Å². The third kappa shape index (κ3) is 2.93. The number of ketones is 1. The molecule has 1 N–H and O–H groups in total. The zero-order chi connectivity index (χ0) is 12.3. The van der Waals surface area contributed by atoms with Crippen LogP contribution in [0.15, 0.2) is 24.3 Å². The van der Waals surface area contributed by atoms with Crippen LogP contribution in [-0.4, -0.2) is 18.4 Å². The predicted molar refractivity (Wildman–Crippen MR) is 66.8 cm³/mol. The average molecular weight is 233 g/mol. The van der Waals surface area contributed by atoms with E-state index in [1.165, 1.54) is 0 Å². The highest BCUT2D eigenvalue weighted by atomic mass is 16.7. The fourth-order valence-corrected chi connectivity index (χ4v) is 2.00. The van der Waals surface area contributed by atoms with E-state index in [1.54, 1.807) is 0 Å². The molecule has 0 bridgehead atoms. The highest BCUT2D eigenvalue weighted by molar-refractivity contribution is 6.01. The van der Waals surface area contributed by atoms with Crippen molar-refractivity contribution in [3.63, 3.8) is 0 Å². The number of hydroxylamine groups is 1. The van der Waals surface area contributed by atoms with Crippen molar-refractivity contribution in [1.29, 1.82) is 0 Å².